The zero-order valence-electron chi connectivity index (χ0n) is 12.6. The highest BCUT2D eigenvalue weighted by molar-refractivity contribution is 5.83. The molecule has 1 aliphatic carbocycles. The number of amides is 2. The van der Waals surface area contributed by atoms with Gasteiger partial charge < -0.3 is 20.4 Å². The Morgan fingerprint density at radius 1 is 1.24 bits per heavy atom. The average Bonchev–Trinajstić information content (AvgIpc) is 2.48. The number of nitrogens with one attached hydrogen (secondary N) is 1. The molecular weight excluding hydrogens is 272 g/mol. The van der Waals surface area contributed by atoms with Gasteiger partial charge in [-0.1, -0.05) is 26.2 Å². The highest BCUT2D eigenvalue weighted by Gasteiger charge is 2.37. The van der Waals surface area contributed by atoms with Gasteiger partial charge >= 0.3 is 12.0 Å². The second-order valence-electron chi connectivity index (χ2n) is 6.25. The number of rotatable bonds is 3. The van der Waals surface area contributed by atoms with Gasteiger partial charge in [0.25, 0.3) is 0 Å². The van der Waals surface area contributed by atoms with E-state index in [9.17, 15) is 19.8 Å². The molecule has 6 nitrogen and oxygen atoms in total. The lowest BCUT2D eigenvalue weighted by atomic mass is 9.89. The molecule has 2 amide bonds. The first-order valence-electron chi connectivity index (χ1n) is 8.01. The third kappa shape index (κ3) is 3.87. The number of hydrogen-bond donors (Lipinski definition) is 3. The number of carbonyl (C=O) groups is 2. The fraction of sp³-hybridized carbons (Fsp3) is 0.867. The van der Waals surface area contributed by atoms with Crippen molar-refractivity contribution in [3.63, 3.8) is 0 Å². The molecule has 0 aromatic rings. The molecule has 21 heavy (non-hydrogen) atoms. The zero-order chi connectivity index (χ0) is 15.4. The van der Waals surface area contributed by atoms with E-state index in [4.69, 9.17) is 0 Å². The number of urea groups is 1. The van der Waals surface area contributed by atoms with Crippen LogP contribution >= 0.6 is 0 Å². The van der Waals surface area contributed by atoms with Crippen LogP contribution < -0.4 is 5.32 Å². The molecule has 0 aromatic heterocycles. The number of aliphatic hydroxyl groups is 1. The number of piperidine rings is 1. The van der Waals surface area contributed by atoms with E-state index in [0.29, 0.717) is 25.3 Å². The molecule has 1 aliphatic heterocycles. The predicted molar refractivity (Wildman–Crippen MR) is 77.9 cm³/mol. The van der Waals surface area contributed by atoms with E-state index in [2.05, 4.69) is 12.2 Å². The maximum absolute atomic E-state index is 12.4. The Morgan fingerprint density at radius 2 is 1.95 bits per heavy atom. The highest BCUT2D eigenvalue weighted by atomic mass is 16.4. The number of carbonyl (C=O) groups excluding carboxylic acids is 1. The molecule has 1 saturated carbocycles. The van der Waals surface area contributed by atoms with E-state index in [0.717, 1.165) is 32.1 Å². The molecule has 3 N–H and O–H groups in total. The normalized spacial score (nSPS) is 33.5. The van der Waals surface area contributed by atoms with Crippen LogP contribution in [-0.2, 0) is 4.79 Å². The Morgan fingerprint density at radius 3 is 2.57 bits per heavy atom. The van der Waals surface area contributed by atoms with E-state index in [1.807, 2.05) is 0 Å². The molecular formula is C15H26N2O4. The first-order chi connectivity index (χ1) is 10.0. The van der Waals surface area contributed by atoms with Gasteiger partial charge in [0.2, 0.25) is 0 Å². The molecule has 0 aromatic carbocycles. The van der Waals surface area contributed by atoms with Crippen LogP contribution in [0.25, 0.3) is 0 Å². The van der Waals surface area contributed by atoms with Crippen molar-refractivity contribution >= 4 is 12.0 Å². The number of hydrogen-bond acceptors (Lipinski definition) is 3. The van der Waals surface area contributed by atoms with Crippen LogP contribution in [0, 0.1) is 5.92 Å². The second-order valence-corrected chi connectivity index (χ2v) is 6.25. The summed E-state index contributed by atoms with van der Waals surface area (Å²) in [4.78, 5) is 25.2. The van der Waals surface area contributed by atoms with Crippen LogP contribution in [0.3, 0.4) is 0 Å². The third-order valence-electron chi connectivity index (χ3n) is 4.87. The molecule has 0 radical (unpaired) electrons. The lowest BCUT2D eigenvalue weighted by Gasteiger charge is -2.38. The first kappa shape index (κ1) is 16.1. The Labute approximate surface area is 125 Å². The number of carboxylic acid groups (broad SMARTS) is 1. The lowest BCUT2D eigenvalue weighted by molar-refractivity contribution is -0.144. The molecule has 120 valence electrons. The fourth-order valence-electron chi connectivity index (χ4n) is 3.41. The van der Waals surface area contributed by atoms with Crippen molar-refractivity contribution in [2.75, 3.05) is 6.54 Å². The average molecular weight is 298 g/mol. The number of likely N-dealkylation sites (tertiary alicyclic amines) is 1. The number of aliphatic carboxylic acids is 1. The van der Waals surface area contributed by atoms with Crippen LogP contribution in [0.4, 0.5) is 4.79 Å². The van der Waals surface area contributed by atoms with E-state index in [1.165, 1.54) is 4.90 Å². The smallest absolute Gasteiger partial charge is 0.326 e. The standard InChI is InChI=1S/C15H26N2O4/c1-2-10-7-8-17(12(9-10)14(19)20)15(21)16-11-5-3-4-6-13(11)18/h10-13,18H,2-9H2,1H3,(H,16,21)(H,19,20). The summed E-state index contributed by atoms with van der Waals surface area (Å²) in [5.41, 5.74) is 0. The van der Waals surface area contributed by atoms with Crippen molar-refractivity contribution in [3.8, 4) is 0 Å². The number of nitrogens with zero attached hydrogens (tertiary/aromatic N) is 1. The van der Waals surface area contributed by atoms with Crippen molar-refractivity contribution in [1.82, 2.24) is 10.2 Å². The summed E-state index contributed by atoms with van der Waals surface area (Å²) in [6.45, 7) is 2.53. The van der Waals surface area contributed by atoms with Gasteiger partial charge in [-0.25, -0.2) is 9.59 Å². The molecule has 2 rings (SSSR count). The Kier molecular flexibility index (Phi) is 5.45. The summed E-state index contributed by atoms with van der Waals surface area (Å²) in [5, 5.41) is 22.1. The van der Waals surface area contributed by atoms with Crippen LogP contribution in [0.1, 0.15) is 51.9 Å². The summed E-state index contributed by atoms with van der Waals surface area (Å²) in [5.74, 6) is -0.567. The van der Waals surface area contributed by atoms with Gasteiger partial charge in [0.05, 0.1) is 12.1 Å². The zero-order valence-corrected chi connectivity index (χ0v) is 12.6. The van der Waals surface area contributed by atoms with Crippen LogP contribution in [0.5, 0.6) is 0 Å². The molecule has 1 heterocycles. The molecule has 6 heteroatoms. The quantitative estimate of drug-likeness (QED) is 0.738. The summed E-state index contributed by atoms with van der Waals surface area (Å²) in [7, 11) is 0. The summed E-state index contributed by atoms with van der Waals surface area (Å²) in [6.07, 6.45) is 5.23. The van der Waals surface area contributed by atoms with Crippen molar-refractivity contribution in [3.05, 3.63) is 0 Å². The van der Waals surface area contributed by atoms with E-state index in [1.54, 1.807) is 0 Å². The molecule has 0 spiro atoms. The maximum atomic E-state index is 12.4. The molecule has 4 unspecified atom stereocenters. The second kappa shape index (κ2) is 7.11. The van der Waals surface area contributed by atoms with E-state index >= 15 is 0 Å². The molecule has 2 aliphatic rings. The first-order valence-corrected chi connectivity index (χ1v) is 8.01. The van der Waals surface area contributed by atoms with E-state index < -0.39 is 18.1 Å². The minimum Gasteiger partial charge on any atom is -0.480 e. The van der Waals surface area contributed by atoms with Crippen molar-refractivity contribution < 1.29 is 19.8 Å². The van der Waals surface area contributed by atoms with E-state index in [-0.39, 0.29) is 12.1 Å². The molecule has 1 saturated heterocycles. The van der Waals surface area contributed by atoms with Crippen molar-refractivity contribution in [1.29, 1.82) is 0 Å². The SMILES string of the molecule is CCC1CCN(C(=O)NC2CCCCC2O)C(C(=O)O)C1. The summed E-state index contributed by atoms with van der Waals surface area (Å²) in [6, 6.07) is -1.34. The topological polar surface area (TPSA) is 89.9 Å². The minimum absolute atomic E-state index is 0.246. The minimum atomic E-state index is -0.938. The summed E-state index contributed by atoms with van der Waals surface area (Å²) >= 11 is 0. The van der Waals surface area contributed by atoms with Crippen LogP contribution in [0.2, 0.25) is 0 Å². The maximum Gasteiger partial charge on any atom is 0.326 e. The van der Waals surface area contributed by atoms with Crippen molar-refractivity contribution in [2.24, 2.45) is 5.92 Å². The van der Waals surface area contributed by atoms with Gasteiger partial charge in [0, 0.05) is 6.54 Å². The van der Waals surface area contributed by atoms with Gasteiger partial charge in [0.15, 0.2) is 0 Å². The molecule has 2 fully saturated rings. The predicted octanol–water partition coefficient (Wildman–Crippen LogP) is 1.57. The van der Waals surface area contributed by atoms with Crippen molar-refractivity contribution in [2.45, 2.75) is 70.1 Å². The highest BCUT2D eigenvalue weighted by Crippen LogP contribution is 2.26. The van der Waals surface area contributed by atoms with Gasteiger partial charge in [-0.2, -0.15) is 0 Å². The summed E-state index contributed by atoms with van der Waals surface area (Å²) < 4.78 is 0. The van der Waals surface area contributed by atoms with Crippen LogP contribution in [-0.4, -0.2) is 51.8 Å². The van der Waals surface area contributed by atoms with Gasteiger partial charge in [0.1, 0.15) is 6.04 Å². The van der Waals surface area contributed by atoms with Crippen LogP contribution in [0.15, 0.2) is 0 Å². The monoisotopic (exact) mass is 298 g/mol. The van der Waals surface area contributed by atoms with Gasteiger partial charge in [-0.3, -0.25) is 0 Å². The molecule has 0 bridgehead atoms. The Hall–Kier alpha value is -1.30. The van der Waals surface area contributed by atoms with Gasteiger partial charge in [-0.15, -0.1) is 0 Å². The number of aliphatic hydroxyl groups excluding tert-OH is 1. The number of carboxylic acids is 1. The largest absolute Gasteiger partial charge is 0.480 e. The van der Waals surface area contributed by atoms with Gasteiger partial charge in [-0.05, 0) is 31.6 Å². The Bertz CT molecular complexity index is 388. The lowest BCUT2D eigenvalue weighted by Crippen LogP contribution is -2.57. The molecule has 4 atom stereocenters. The third-order valence-corrected chi connectivity index (χ3v) is 4.87. The fourth-order valence-corrected chi connectivity index (χ4v) is 3.41. The Balaban J connectivity index is 1.97.